The molecule has 0 radical (unpaired) electrons. The first kappa shape index (κ1) is 26.7. The molecule has 0 unspecified atom stereocenters. The van der Waals surface area contributed by atoms with Crippen molar-refractivity contribution in [2.24, 2.45) is 5.92 Å². The molecule has 1 aromatic heterocycles. The van der Waals surface area contributed by atoms with Gasteiger partial charge in [0, 0.05) is 29.3 Å². The topological polar surface area (TPSA) is 80.7 Å². The van der Waals surface area contributed by atoms with Gasteiger partial charge in [0.25, 0.3) is 12.3 Å². The summed E-state index contributed by atoms with van der Waals surface area (Å²) in [5.74, 6) is -7.47. The lowest BCUT2D eigenvalue weighted by atomic mass is 9.77. The Morgan fingerprint density at radius 2 is 1.91 bits per heavy atom. The lowest BCUT2D eigenvalue weighted by Crippen LogP contribution is -2.47. The Labute approximate surface area is 195 Å². The second kappa shape index (κ2) is 9.61. The number of halogens is 7. The molecule has 1 aromatic carbocycles. The van der Waals surface area contributed by atoms with E-state index in [2.05, 4.69) is 10.3 Å². The monoisotopic (exact) mass is 510 g/mol. The molecule has 3 rings (SSSR count). The molecule has 5 atom stereocenters. The number of pyridine rings is 1. The van der Waals surface area contributed by atoms with Crippen LogP contribution >= 0.6 is 0 Å². The van der Waals surface area contributed by atoms with Crippen LogP contribution in [0.5, 0.6) is 5.75 Å². The second-order valence-electron chi connectivity index (χ2n) is 8.18. The van der Waals surface area contributed by atoms with Crippen LogP contribution in [0.4, 0.5) is 36.4 Å². The molecule has 6 nitrogen and oxygen atoms in total. The summed E-state index contributed by atoms with van der Waals surface area (Å²) in [6, 6.07) is 3.78. The second-order valence-corrected chi connectivity index (χ2v) is 8.18. The van der Waals surface area contributed by atoms with Gasteiger partial charge in [0.05, 0.1) is 12.8 Å². The lowest BCUT2D eigenvalue weighted by Gasteiger charge is -2.32. The van der Waals surface area contributed by atoms with Crippen LogP contribution in [0.25, 0.3) is 0 Å². The molecule has 2 aromatic rings. The van der Waals surface area contributed by atoms with E-state index < -0.39 is 71.2 Å². The van der Waals surface area contributed by atoms with Crippen LogP contribution in [0.2, 0.25) is 0 Å². The van der Waals surface area contributed by atoms with Crippen LogP contribution in [-0.4, -0.2) is 47.4 Å². The summed E-state index contributed by atoms with van der Waals surface area (Å²) >= 11 is 0. The fourth-order valence-electron chi connectivity index (χ4n) is 4.07. The van der Waals surface area contributed by atoms with E-state index in [-0.39, 0.29) is 11.3 Å². The normalized spacial score (nSPS) is 25.5. The highest BCUT2D eigenvalue weighted by Gasteiger charge is 2.65. The predicted octanol–water partition coefficient (Wildman–Crippen LogP) is 4.75. The first-order valence-corrected chi connectivity index (χ1v) is 10.2. The first-order chi connectivity index (χ1) is 16.2. The fraction of sp³-hybridized carbons (Fsp3) is 0.455. The highest BCUT2D eigenvalue weighted by atomic mass is 19.4. The minimum atomic E-state index is -4.95. The van der Waals surface area contributed by atoms with E-state index >= 15 is 0 Å². The van der Waals surface area contributed by atoms with Crippen molar-refractivity contribution >= 4 is 11.6 Å². The molecule has 2 heterocycles. The van der Waals surface area contributed by atoms with Crippen molar-refractivity contribution in [3.05, 3.63) is 53.4 Å². The van der Waals surface area contributed by atoms with Gasteiger partial charge < -0.3 is 19.9 Å². The van der Waals surface area contributed by atoms with Gasteiger partial charge in [-0.15, -0.1) is 0 Å². The van der Waals surface area contributed by atoms with Crippen LogP contribution in [0.15, 0.2) is 30.5 Å². The maximum Gasteiger partial charge on any atom is 0.417 e. The fourth-order valence-corrected chi connectivity index (χ4v) is 4.07. The summed E-state index contributed by atoms with van der Waals surface area (Å²) in [6.45, 7) is 1.88. The van der Waals surface area contributed by atoms with Crippen LogP contribution in [0.3, 0.4) is 0 Å². The number of anilines is 1. The molecule has 1 aliphatic heterocycles. The van der Waals surface area contributed by atoms with Gasteiger partial charge in [-0.3, -0.25) is 9.78 Å². The van der Waals surface area contributed by atoms with Crippen LogP contribution in [-0.2, 0) is 9.53 Å². The van der Waals surface area contributed by atoms with E-state index in [1.54, 1.807) is 0 Å². The lowest BCUT2D eigenvalue weighted by molar-refractivity contribution is -0.272. The van der Waals surface area contributed by atoms with Gasteiger partial charge >= 0.3 is 6.18 Å². The largest absolute Gasteiger partial charge is 0.493 e. The Balaban J connectivity index is 2.04. The zero-order valence-corrected chi connectivity index (χ0v) is 18.5. The number of methoxy groups -OCH3 is 1. The van der Waals surface area contributed by atoms with Crippen molar-refractivity contribution in [2.45, 2.75) is 50.2 Å². The third-order valence-electron chi connectivity index (χ3n) is 6.16. The summed E-state index contributed by atoms with van der Waals surface area (Å²) in [7, 11) is 0.993. The van der Waals surface area contributed by atoms with Crippen LogP contribution < -0.4 is 10.1 Å². The van der Waals surface area contributed by atoms with Crippen LogP contribution in [0.1, 0.15) is 37.1 Å². The van der Waals surface area contributed by atoms with Gasteiger partial charge in [0.1, 0.15) is 6.10 Å². The number of nitrogens with one attached hydrogen (secondary N) is 1. The van der Waals surface area contributed by atoms with Crippen molar-refractivity contribution < 1.29 is 50.1 Å². The summed E-state index contributed by atoms with van der Waals surface area (Å²) in [5.41, 5.74) is -3.73. The number of benzene rings is 1. The quantitative estimate of drug-likeness (QED) is 0.549. The molecule has 35 heavy (non-hydrogen) atoms. The maximum atomic E-state index is 14.4. The van der Waals surface area contributed by atoms with Crippen molar-refractivity contribution in [1.82, 2.24) is 4.98 Å². The number of hydrogen-bond donors (Lipinski definition) is 2. The van der Waals surface area contributed by atoms with Crippen molar-refractivity contribution in [3.8, 4) is 5.75 Å². The number of aromatic nitrogens is 1. The zero-order chi connectivity index (χ0) is 26.3. The molecule has 2 N–H and O–H groups in total. The summed E-state index contributed by atoms with van der Waals surface area (Å²) in [5, 5.41) is 11.8. The molecule has 1 fully saturated rings. The Bertz CT molecular complexity index is 1100. The predicted molar refractivity (Wildman–Crippen MR) is 108 cm³/mol. The van der Waals surface area contributed by atoms with Gasteiger partial charge in [0.2, 0.25) is 5.82 Å². The summed E-state index contributed by atoms with van der Waals surface area (Å²) in [6.07, 6.45) is -11.2. The van der Waals surface area contributed by atoms with E-state index in [9.17, 15) is 40.6 Å². The Kier molecular flexibility index (Phi) is 7.32. The minimum absolute atomic E-state index is 0.160. The molecule has 1 saturated heterocycles. The van der Waals surface area contributed by atoms with E-state index in [1.807, 2.05) is 0 Å². The number of ether oxygens (including phenoxy) is 2. The number of amides is 1. The highest BCUT2D eigenvalue weighted by molar-refractivity contribution is 5.95. The molecule has 0 bridgehead atoms. The van der Waals surface area contributed by atoms with E-state index in [0.717, 1.165) is 45.4 Å². The summed E-state index contributed by atoms with van der Waals surface area (Å²) < 4.78 is 106. The number of aliphatic hydroxyl groups is 1. The van der Waals surface area contributed by atoms with E-state index in [4.69, 9.17) is 9.47 Å². The van der Waals surface area contributed by atoms with Gasteiger partial charge in [-0.1, -0.05) is 13.0 Å². The van der Waals surface area contributed by atoms with Crippen molar-refractivity contribution in [3.63, 3.8) is 0 Å². The number of aliphatic hydroxyl groups excluding tert-OH is 1. The first-order valence-electron chi connectivity index (χ1n) is 10.2. The SMILES string of the molecule is COc1c([C@H]2[C@H](C(=O)Nc3ccnc([C@@H](O)C(F)F)c3)O[C@@](C)(C(F)(F)F)[C@H]2C)ccc(F)c1F. The van der Waals surface area contributed by atoms with Gasteiger partial charge in [-0.2, -0.15) is 17.6 Å². The smallest absolute Gasteiger partial charge is 0.417 e. The van der Waals surface area contributed by atoms with E-state index in [0.29, 0.717) is 6.07 Å². The number of rotatable bonds is 6. The number of alkyl halides is 5. The Hall–Kier alpha value is -2.93. The highest BCUT2D eigenvalue weighted by Crippen LogP contribution is 2.55. The molecule has 0 aliphatic carbocycles. The molecule has 192 valence electrons. The van der Waals surface area contributed by atoms with Gasteiger partial charge in [-0.05, 0) is 25.1 Å². The van der Waals surface area contributed by atoms with Crippen molar-refractivity contribution in [1.29, 1.82) is 0 Å². The van der Waals surface area contributed by atoms with Gasteiger partial charge in [-0.25, -0.2) is 13.2 Å². The summed E-state index contributed by atoms with van der Waals surface area (Å²) in [4.78, 5) is 16.7. The number of carbonyl (C=O) groups excluding carboxylic acids is 1. The standard InChI is InChI=1S/C22H21F7N2O4/c1-9-14(11-4-5-12(23)15(24)17(11)34-3)18(35-21(9,2)22(27,28)29)20(33)31-10-6-7-30-13(8-10)16(32)19(25)26/h4-9,14,16,18-19,32H,1-3H3,(H,30,31,33)/t9-,14-,16+,18+,21+/m0/s1. The average Bonchev–Trinajstić information content (AvgIpc) is 3.07. The average molecular weight is 510 g/mol. The molecule has 0 spiro atoms. The van der Waals surface area contributed by atoms with Crippen molar-refractivity contribution in [2.75, 3.05) is 12.4 Å². The number of hydrogen-bond acceptors (Lipinski definition) is 5. The van der Waals surface area contributed by atoms with Gasteiger partial charge in [0.15, 0.2) is 23.3 Å². The minimum Gasteiger partial charge on any atom is -0.493 e. The Morgan fingerprint density at radius 1 is 1.26 bits per heavy atom. The van der Waals surface area contributed by atoms with E-state index in [1.165, 1.54) is 0 Å². The number of carbonyl (C=O) groups is 1. The third-order valence-corrected chi connectivity index (χ3v) is 6.16. The zero-order valence-electron chi connectivity index (χ0n) is 18.5. The molecule has 1 aliphatic rings. The molecule has 13 heteroatoms. The molecular weight excluding hydrogens is 489 g/mol. The van der Waals surface area contributed by atoms with Crippen LogP contribution in [0, 0.1) is 17.6 Å². The maximum absolute atomic E-state index is 14.4. The molecular formula is C22H21F7N2O4. The molecule has 1 amide bonds. The molecule has 0 saturated carbocycles. The Morgan fingerprint density at radius 3 is 2.49 bits per heavy atom. The third kappa shape index (κ3) is 4.79. The number of nitrogens with zero attached hydrogens (tertiary/aromatic N) is 1.